The molecule has 0 radical (unpaired) electrons. The monoisotopic (exact) mass is 297 g/mol. The molecule has 1 aliphatic carbocycles. The van der Waals surface area contributed by atoms with E-state index in [1.807, 2.05) is 6.92 Å². The van der Waals surface area contributed by atoms with Gasteiger partial charge in [0.1, 0.15) is 5.69 Å². The van der Waals surface area contributed by atoms with Gasteiger partial charge >= 0.3 is 0 Å². The topological polar surface area (TPSA) is 56.1 Å². The summed E-state index contributed by atoms with van der Waals surface area (Å²) in [5.74, 6) is 0.596. The van der Waals surface area contributed by atoms with E-state index in [9.17, 15) is 4.79 Å². The van der Waals surface area contributed by atoms with Gasteiger partial charge in [-0.15, -0.1) is 0 Å². The Morgan fingerprint density at radius 3 is 2.95 bits per heavy atom. The zero-order valence-electron chi connectivity index (χ0n) is 11.9. The number of ether oxygens (including phenoxy) is 1. The number of rotatable bonds is 4. The second-order valence-electron chi connectivity index (χ2n) is 6.10. The van der Waals surface area contributed by atoms with E-state index in [0.29, 0.717) is 29.8 Å². The number of anilines is 1. The summed E-state index contributed by atoms with van der Waals surface area (Å²) in [6.45, 7) is 5.46. The van der Waals surface area contributed by atoms with Gasteiger partial charge in [0.25, 0.3) is 5.56 Å². The van der Waals surface area contributed by atoms with Crippen LogP contribution in [-0.4, -0.2) is 28.0 Å². The van der Waals surface area contributed by atoms with Gasteiger partial charge in [0, 0.05) is 13.2 Å². The summed E-state index contributed by atoms with van der Waals surface area (Å²) >= 11 is 6.16. The lowest BCUT2D eigenvalue weighted by molar-refractivity contribution is 0.105. The summed E-state index contributed by atoms with van der Waals surface area (Å²) in [6.07, 6.45) is 4.82. The largest absolute Gasteiger partial charge is 0.376 e. The van der Waals surface area contributed by atoms with Crippen LogP contribution in [-0.2, 0) is 11.3 Å². The molecule has 6 heteroatoms. The molecule has 2 atom stereocenters. The van der Waals surface area contributed by atoms with Gasteiger partial charge in [-0.05, 0) is 39.0 Å². The molecule has 1 aromatic rings. The molecule has 1 aromatic heterocycles. The van der Waals surface area contributed by atoms with E-state index in [4.69, 9.17) is 16.3 Å². The Balaban J connectivity index is 1.89. The minimum Gasteiger partial charge on any atom is -0.376 e. The molecule has 0 amide bonds. The van der Waals surface area contributed by atoms with E-state index in [-0.39, 0.29) is 17.2 Å². The van der Waals surface area contributed by atoms with Gasteiger partial charge in [0.2, 0.25) is 0 Å². The first kappa shape index (κ1) is 13.9. The van der Waals surface area contributed by atoms with E-state index < -0.39 is 0 Å². The maximum absolute atomic E-state index is 12.5. The summed E-state index contributed by atoms with van der Waals surface area (Å²) in [5.41, 5.74) is 0.0496. The quantitative estimate of drug-likeness (QED) is 0.926. The van der Waals surface area contributed by atoms with E-state index in [0.717, 1.165) is 6.42 Å². The molecule has 2 heterocycles. The van der Waals surface area contributed by atoms with Crippen LogP contribution in [0.5, 0.6) is 0 Å². The molecule has 0 bridgehead atoms. The van der Waals surface area contributed by atoms with Gasteiger partial charge in [-0.1, -0.05) is 11.6 Å². The summed E-state index contributed by atoms with van der Waals surface area (Å²) < 4.78 is 7.12. The molecular formula is C14H20ClN3O2. The van der Waals surface area contributed by atoms with Crippen LogP contribution in [0.15, 0.2) is 11.0 Å². The number of nitrogens with zero attached hydrogens (tertiary/aromatic N) is 2. The molecule has 1 N–H and O–H groups in total. The van der Waals surface area contributed by atoms with Crippen molar-refractivity contribution >= 4 is 17.3 Å². The minimum absolute atomic E-state index is 0.0445. The van der Waals surface area contributed by atoms with E-state index in [1.165, 1.54) is 17.5 Å². The molecule has 0 spiro atoms. The van der Waals surface area contributed by atoms with Gasteiger partial charge in [-0.2, -0.15) is 5.10 Å². The highest BCUT2D eigenvalue weighted by atomic mass is 35.5. The van der Waals surface area contributed by atoms with Gasteiger partial charge in [0.05, 0.1) is 22.9 Å². The Kier molecular flexibility index (Phi) is 3.50. The number of halogens is 1. The first-order chi connectivity index (χ1) is 9.49. The predicted molar refractivity (Wildman–Crippen MR) is 78.3 cm³/mol. The highest BCUT2D eigenvalue weighted by Crippen LogP contribution is 2.32. The number of hydrogen-bond donors (Lipinski definition) is 1. The average molecular weight is 298 g/mol. The van der Waals surface area contributed by atoms with Crippen LogP contribution in [0.25, 0.3) is 0 Å². The molecule has 5 nitrogen and oxygen atoms in total. The Hall–Kier alpha value is -1.07. The highest BCUT2D eigenvalue weighted by Gasteiger charge is 2.38. The fraction of sp³-hybridized carbons (Fsp3) is 0.714. The Labute approximate surface area is 123 Å². The highest BCUT2D eigenvalue weighted by molar-refractivity contribution is 6.33. The molecule has 2 aliphatic rings. The minimum atomic E-state index is -0.262. The Morgan fingerprint density at radius 2 is 2.35 bits per heavy atom. The van der Waals surface area contributed by atoms with Gasteiger partial charge in [0.15, 0.2) is 0 Å². The van der Waals surface area contributed by atoms with Crippen molar-refractivity contribution < 1.29 is 4.74 Å². The van der Waals surface area contributed by atoms with Crippen LogP contribution in [0.4, 0.5) is 5.69 Å². The van der Waals surface area contributed by atoms with Crippen molar-refractivity contribution in [2.45, 2.75) is 51.3 Å². The number of aromatic nitrogens is 2. The van der Waals surface area contributed by atoms with Gasteiger partial charge in [-0.25, -0.2) is 4.68 Å². The third kappa shape index (κ3) is 2.56. The second kappa shape index (κ2) is 5.04. The SMILES string of the molecule is CC1OCCC1(C)Nc1c(Cl)cnn(CC2CC2)c1=O. The van der Waals surface area contributed by atoms with Crippen molar-refractivity contribution in [1.29, 1.82) is 0 Å². The molecule has 20 heavy (non-hydrogen) atoms. The van der Waals surface area contributed by atoms with Crippen LogP contribution >= 0.6 is 11.6 Å². The summed E-state index contributed by atoms with van der Waals surface area (Å²) in [4.78, 5) is 12.5. The third-order valence-corrected chi connectivity index (χ3v) is 4.71. The number of hydrogen-bond acceptors (Lipinski definition) is 4. The zero-order chi connectivity index (χ0) is 14.3. The van der Waals surface area contributed by atoms with Crippen LogP contribution in [0.2, 0.25) is 5.02 Å². The smallest absolute Gasteiger partial charge is 0.291 e. The molecule has 1 aliphatic heterocycles. The van der Waals surface area contributed by atoms with Crippen molar-refractivity contribution in [3.63, 3.8) is 0 Å². The Bertz CT molecular complexity index is 570. The fourth-order valence-electron chi connectivity index (χ4n) is 2.54. The lowest BCUT2D eigenvalue weighted by Gasteiger charge is -2.30. The van der Waals surface area contributed by atoms with Crippen molar-refractivity contribution in [2.24, 2.45) is 5.92 Å². The molecule has 3 rings (SSSR count). The molecule has 110 valence electrons. The normalized spacial score (nSPS) is 29.6. The predicted octanol–water partition coefficient (Wildman–Crippen LogP) is 2.29. The second-order valence-corrected chi connectivity index (χ2v) is 6.51. The molecular weight excluding hydrogens is 278 g/mol. The summed E-state index contributed by atoms with van der Waals surface area (Å²) in [6, 6.07) is 0. The number of nitrogens with one attached hydrogen (secondary N) is 1. The van der Waals surface area contributed by atoms with E-state index in [2.05, 4.69) is 17.3 Å². The first-order valence-corrected chi connectivity index (χ1v) is 7.53. The van der Waals surface area contributed by atoms with Crippen LogP contribution in [0.3, 0.4) is 0 Å². The van der Waals surface area contributed by atoms with Crippen molar-refractivity contribution in [3.8, 4) is 0 Å². The average Bonchev–Trinajstić information content (AvgIpc) is 3.16. The standard InChI is InChI=1S/C14H20ClN3O2/c1-9-14(2,5-6-20-9)17-12-11(15)7-16-18(13(12)19)8-10-3-4-10/h7,9-10,17H,3-6,8H2,1-2H3. The molecule has 1 saturated carbocycles. The maximum Gasteiger partial charge on any atom is 0.291 e. The third-order valence-electron chi connectivity index (χ3n) is 4.42. The molecule has 2 fully saturated rings. The van der Waals surface area contributed by atoms with Crippen molar-refractivity contribution in [1.82, 2.24) is 9.78 Å². The van der Waals surface area contributed by atoms with Crippen molar-refractivity contribution in [2.75, 3.05) is 11.9 Å². The molecule has 0 aromatic carbocycles. The van der Waals surface area contributed by atoms with Crippen molar-refractivity contribution in [3.05, 3.63) is 21.6 Å². The van der Waals surface area contributed by atoms with Crippen LogP contribution in [0, 0.1) is 5.92 Å². The summed E-state index contributed by atoms with van der Waals surface area (Å²) in [5, 5.41) is 7.82. The van der Waals surface area contributed by atoms with Crippen LogP contribution < -0.4 is 10.9 Å². The Morgan fingerprint density at radius 1 is 1.60 bits per heavy atom. The van der Waals surface area contributed by atoms with Gasteiger partial charge < -0.3 is 10.1 Å². The zero-order valence-corrected chi connectivity index (χ0v) is 12.6. The lowest BCUT2D eigenvalue weighted by atomic mass is 9.94. The molecule has 2 unspecified atom stereocenters. The summed E-state index contributed by atoms with van der Waals surface area (Å²) in [7, 11) is 0. The van der Waals surface area contributed by atoms with Crippen LogP contribution in [0.1, 0.15) is 33.1 Å². The van der Waals surface area contributed by atoms with Gasteiger partial charge in [-0.3, -0.25) is 4.79 Å². The van der Waals surface area contributed by atoms with E-state index >= 15 is 0 Å². The lowest BCUT2D eigenvalue weighted by Crippen LogP contribution is -2.43. The maximum atomic E-state index is 12.5. The fourth-order valence-corrected chi connectivity index (χ4v) is 2.71. The first-order valence-electron chi connectivity index (χ1n) is 7.15. The molecule has 1 saturated heterocycles. The van der Waals surface area contributed by atoms with E-state index in [1.54, 1.807) is 6.20 Å².